The van der Waals surface area contributed by atoms with E-state index in [1.54, 1.807) is 6.20 Å². The van der Waals surface area contributed by atoms with Crippen LogP contribution in [0.2, 0.25) is 0 Å². The van der Waals surface area contributed by atoms with Gasteiger partial charge >= 0.3 is 12.1 Å². The summed E-state index contributed by atoms with van der Waals surface area (Å²) in [4.78, 5) is 20.0. The summed E-state index contributed by atoms with van der Waals surface area (Å²) in [6, 6.07) is 5.30. The Kier molecular flexibility index (Phi) is 5.77. The van der Waals surface area contributed by atoms with E-state index < -0.39 is 17.7 Å². The van der Waals surface area contributed by atoms with E-state index in [4.69, 9.17) is 0 Å². The predicted molar refractivity (Wildman–Crippen MR) is 93.2 cm³/mol. The zero-order chi connectivity index (χ0) is 19.4. The molecule has 1 atom stereocenters. The van der Waals surface area contributed by atoms with Gasteiger partial charge < -0.3 is 4.74 Å². The molecule has 1 aromatic heterocycles. The maximum Gasteiger partial charge on any atom is 0.416 e. The van der Waals surface area contributed by atoms with E-state index in [1.807, 2.05) is 0 Å². The van der Waals surface area contributed by atoms with E-state index in [9.17, 15) is 18.0 Å². The van der Waals surface area contributed by atoms with Gasteiger partial charge in [0, 0.05) is 12.1 Å². The summed E-state index contributed by atoms with van der Waals surface area (Å²) in [6.07, 6.45) is 3.51. The first-order valence-electron chi connectivity index (χ1n) is 8.93. The lowest BCUT2D eigenvalue weighted by Gasteiger charge is -2.16. The molecule has 0 N–H and O–H groups in total. The Morgan fingerprint density at radius 1 is 1.19 bits per heavy atom. The molecule has 1 aliphatic carbocycles. The van der Waals surface area contributed by atoms with Crippen LogP contribution in [-0.2, 0) is 17.3 Å². The van der Waals surface area contributed by atoms with Crippen LogP contribution in [0.5, 0.6) is 0 Å². The van der Waals surface area contributed by atoms with Crippen LogP contribution in [0.4, 0.5) is 13.2 Å². The molecule has 2 aromatic rings. The number of rotatable bonds is 7. The van der Waals surface area contributed by atoms with Crippen molar-refractivity contribution in [3.8, 4) is 0 Å². The van der Waals surface area contributed by atoms with Crippen LogP contribution < -0.4 is 0 Å². The van der Waals surface area contributed by atoms with Gasteiger partial charge in [0.25, 0.3) is 0 Å². The fraction of sp³-hybridized carbons (Fsp3) is 0.450. The first-order valence-corrected chi connectivity index (χ1v) is 8.93. The maximum absolute atomic E-state index is 12.7. The van der Waals surface area contributed by atoms with Crippen LogP contribution in [0.1, 0.15) is 58.9 Å². The number of halogens is 3. The van der Waals surface area contributed by atoms with Crippen molar-refractivity contribution < 1.29 is 22.7 Å². The summed E-state index contributed by atoms with van der Waals surface area (Å²) < 4.78 is 42.6. The number of hydrogen-bond acceptors (Lipinski definition) is 4. The Balaban J connectivity index is 1.67. The largest absolute Gasteiger partial charge is 0.464 e. The molecule has 144 valence electrons. The second-order valence-corrected chi connectivity index (χ2v) is 6.93. The number of aromatic nitrogens is 2. The van der Waals surface area contributed by atoms with Crippen LogP contribution in [0, 0.1) is 5.92 Å². The van der Waals surface area contributed by atoms with Gasteiger partial charge in [-0.25, -0.2) is 9.78 Å². The van der Waals surface area contributed by atoms with Crippen molar-refractivity contribution in [1.82, 2.24) is 9.97 Å². The molecule has 0 spiro atoms. The summed E-state index contributed by atoms with van der Waals surface area (Å²) in [5.74, 6) is 0.307. The number of ether oxygens (including phenoxy) is 1. The highest BCUT2D eigenvalue weighted by atomic mass is 19.4. The zero-order valence-electron chi connectivity index (χ0n) is 15.0. The van der Waals surface area contributed by atoms with Crippen LogP contribution in [0.25, 0.3) is 0 Å². The predicted octanol–water partition coefficient (Wildman–Crippen LogP) is 4.80. The number of esters is 1. The molecule has 1 heterocycles. The molecule has 1 aromatic carbocycles. The molecule has 1 aliphatic rings. The molecule has 0 radical (unpaired) electrons. The van der Waals surface area contributed by atoms with Crippen LogP contribution in [0.3, 0.4) is 0 Å². The number of benzene rings is 1. The van der Waals surface area contributed by atoms with Crippen molar-refractivity contribution in [1.29, 1.82) is 0 Å². The highest BCUT2D eigenvalue weighted by Gasteiger charge is 2.30. The highest BCUT2D eigenvalue weighted by molar-refractivity contribution is 5.86. The molecule has 3 rings (SSSR count). The average molecular weight is 378 g/mol. The summed E-state index contributed by atoms with van der Waals surface area (Å²) in [5.41, 5.74) is 1.20. The molecule has 1 saturated carbocycles. The lowest BCUT2D eigenvalue weighted by molar-refractivity contribution is -0.137. The third-order valence-electron chi connectivity index (χ3n) is 4.86. The molecular weight excluding hydrogens is 357 g/mol. The van der Waals surface area contributed by atoms with Crippen molar-refractivity contribution in [2.75, 3.05) is 7.11 Å². The smallest absolute Gasteiger partial charge is 0.416 e. The molecule has 7 heteroatoms. The number of aryl methyl sites for hydroxylation is 1. The van der Waals surface area contributed by atoms with Crippen LogP contribution >= 0.6 is 0 Å². The third kappa shape index (κ3) is 5.28. The number of alkyl halides is 3. The lowest BCUT2D eigenvalue weighted by atomic mass is 9.91. The van der Waals surface area contributed by atoms with Crippen molar-refractivity contribution in [2.24, 2.45) is 5.92 Å². The zero-order valence-corrected chi connectivity index (χ0v) is 15.0. The lowest BCUT2D eigenvalue weighted by Crippen LogP contribution is -2.09. The van der Waals surface area contributed by atoms with Gasteiger partial charge in [-0.3, -0.25) is 4.98 Å². The summed E-state index contributed by atoms with van der Waals surface area (Å²) in [7, 11) is 1.29. The van der Waals surface area contributed by atoms with Gasteiger partial charge in [0.1, 0.15) is 0 Å². The minimum absolute atomic E-state index is 0.161. The summed E-state index contributed by atoms with van der Waals surface area (Å²) in [5, 5.41) is 0. The minimum atomic E-state index is -4.32. The minimum Gasteiger partial charge on any atom is -0.464 e. The fourth-order valence-electron chi connectivity index (χ4n) is 3.10. The highest BCUT2D eigenvalue weighted by Crippen LogP contribution is 2.40. The van der Waals surface area contributed by atoms with Gasteiger partial charge in [-0.05, 0) is 42.9 Å². The molecular formula is C20H21F3N2O2. The Bertz CT molecular complexity index is 769. The summed E-state index contributed by atoms with van der Waals surface area (Å²) >= 11 is 0. The topological polar surface area (TPSA) is 52.1 Å². The second-order valence-electron chi connectivity index (χ2n) is 6.93. The van der Waals surface area contributed by atoms with E-state index in [2.05, 4.69) is 14.7 Å². The monoisotopic (exact) mass is 378 g/mol. The van der Waals surface area contributed by atoms with Gasteiger partial charge in [0.15, 0.2) is 5.69 Å². The molecule has 0 saturated heterocycles. The van der Waals surface area contributed by atoms with Gasteiger partial charge in [0.05, 0.1) is 24.6 Å². The van der Waals surface area contributed by atoms with Gasteiger partial charge in [-0.15, -0.1) is 0 Å². The van der Waals surface area contributed by atoms with E-state index in [0.29, 0.717) is 12.3 Å². The maximum atomic E-state index is 12.7. The Morgan fingerprint density at radius 3 is 2.41 bits per heavy atom. The molecule has 27 heavy (non-hydrogen) atoms. The summed E-state index contributed by atoms with van der Waals surface area (Å²) in [6.45, 7) is 0. The van der Waals surface area contributed by atoms with Gasteiger partial charge in [0.2, 0.25) is 0 Å². The Morgan fingerprint density at radius 2 is 1.89 bits per heavy atom. The number of carbonyl (C=O) groups is 1. The quantitative estimate of drug-likeness (QED) is 0.650. The van der Waals surface area contributed by atoms with Crippen LogP contribution in [-0.4, -0.2) is 23.0 Å². The first-order chi connectivity index (χ1) is 12.9. The number of carbonyl (C=O) groups excluding carboxylic acids is 1. The van der Waals surface area contributed by atoms with Gasteiger partial charge in [-0.2, -0.15) is 13.2 Å². The number of hydrogen-bond donors (Lipinski definition) is 0. The molecule has 1 unspecified atom stereocenters. The molecule has 0 bridgehead atoms. The second kappa shape index (κ2) is 8.06. The SMILES string of the molecule is COC(=O)c1cnc(C(CCc2ccc(C(F)(F)F)cc2)CC2CC2)cn1. The van der Waals surface area contributed by atoms with E-state index in [1.165, 1.54) is 38.3 Å². The molecule has 1 fully saturated rings. The average Bonchev–Trinajstić information content (AvgIpc) is 3.48. The van der Waals surface area contributed by atoms with Crippen molar-refractivity contribution in [3.05, 3.63) is 59.2 Å². The van der Waals surface area contributed by atoms with Gasteiger partial charge in [-0.1, -0.05) is 25.0 Å². The van der Waals surface area contributed by atoms with Crippen LogP contribution in [0.15, 0.2) is 36.7 Å². The Labute approximate surface area is 155 Å². The van der Waals surface area contributed by atoms with E-state index >= 15 is 0 Å². The number of methoxy groups -OCH3 is 1. The molecule has 0 aliphatic heterocycles. The normalized spacial score (nSPS) is 15.4. The van der Waals surface area contributed by atoms with Crippen molar-refractivity contribution >= 4 is 5.97 Å². The molecule has 0 amide bonds. The fourth-order valence-corrected chi connectivity index (χ4v) is 3.10. The van der Waals surface area contributed by atoms with Crippen molar-refractivity contribution in [3.63, 3.8) is 0 Å². The number of nitrogens with zero attached hydrogens (tertiary/aromatic N) is 2. The van der Waals surface area contributed by atoms with E-state index in [0.717, 1.165) is 36.2 Å². The van der Waals surface area contributed by atoms with Crippen molar-refractivity contribution in [2.45, 2.75) is 44.2 Å². The first kappa shape index (κ1) is 19.3. The molecule has 4 nitrogen and oxygen atoms in total. The third-order valence-corrected chi connectivity index (χ3v) is 4.86. The van der Waals surface area contributed by atoms with E-state index in [-0.39, 0.29) is 11.6 Å². The standard InChI is InChI=1S/C20H21F3N2O2/c1-27-19(26)18-12-24-17(11-25-18)15(10-14-2-3-14)7-4-13-5-8-16(9-6-13)20(21,22)23/h5-6,8-9,11-12,14-15H,2-4,7,10H2,1H3. The Hall–Kier alpha value is -2.44.